The Bertz CT molecular complexity index is 383. The number of hydrogen-bond donors (Lipinski definition) is 1. The summed E-state index contributed by atoms with van der Waals surface area (Å²) in [5.74, 6) is -0.0708. The number of hydrogen-bond acceptors (Lipinski definition) is 4. The minimum Gasteiger partial charge on any atom is -0.481 e. The number of likely N-dealkylation sites (tertiary alicyclic amines) is 1. The van der Waals surface area contributed by atoms with Crippen molar-refractivity contribution >= 4 is 5.97 Å². The van der Waals surface area contributed by atoms with Crippen LogP contribution in [0.2, 0.25) is 0 Å². The minimum absolute atomic E-state index is 0.196. The quantitative estimate of drug-likeness (QED) is 0.851. The topological polar surface area (TPSA) is 66.3 Å². The largest absolute Gasteiger partial charge is 0.481 e. The third-order valence-corrected chi connectivity index (χ3v) is 3.33. The maximum Gasteiger partial charge on any atom is 0.306 e. The van der Waals surface area contributed by atoms with Crippen molar-refractivity contribution in [3.05, 3.63) is 24.3 Å². The molecule has 0 aliphatic carbocycles. The van der Waals surface area contributed by atoms with Crippen molar-refractivity contribution < 1.29 is 9.90 Å². The van der Waals surface area contributed by atoms with Crippen LogP contribution in [0, 0.1) is 5.92 Å². The molecule has 92 valence electrons. The molecule has 0 spiro atoms. The van der Waals surface area contributed by atoms with Crippen molar-refractivity contribution in [1.29, 1.82) is 0 Å². The summed E-state index contributed by atoms with van der Waals surface area (Å²) in [6.07, 6.45) is 4.89. The van der Waals surface area contributed by atoms with Crippen molar-refractivity contribution in [2.75, 3.05) is 6.54 Å². The number of carboxylic acids is 1. The van der Waals surface area contributed by atoms with Gasteiger partial charge >= 0.3 is 5.97 Å². The number of carbonyl (C=O) groups is 1. The van der Waals surface area contributed by atoms with Gasteiger partial charge in [-0.1, -0.05) is 0 Å². The van der Waals surface area contributed by atoms with Gasteiger partial charge in [-0.15, -0.1) is 0 Å². The summed E-state index contributed by atoms with van der Waals surface area (Å²) in [5.41, 5.74) is 0. The summed E-state index contributed by atoms with van der Waals surface area (Å²) < 4.78 is 0. The Balaban J connectivity index is 1.94. The lowest BCUT2D eigenvalue weighted by Gasteiger charge is -2.35. The Morgan fingerprint density at radius 3 is 2.82 bits per heavy atom. The first-order chi connectivity index (χ1) is 8.16. The first-order valence-corrected chi connectivity index (χ1v) is 5.89. The highest BCUT2D eigenvalue weighted by atomic mass is 16.4. The van der Waals surface area contributed by atoms with Crippen molar-refractivity contribution in [2.45, 2.75) is 32.4 Å². The van der Waals surface area contributed by atoms with Crippen molar-refractivity contribution in [1.82, 2.24) is 14.9 Å². The van der Waals surface area contributed by atoms with E-state index in [1.165, 1.54) is 0 Å². The van der Waals surface area contributed by atoms with Crippen molar-refractivity contribution in [2.24, 2.45) is 5.92 Å². The van der Waals surface area contributed by atoms with Gasteiger partial charge in [-0.3, -0.25) is 9.69 Å². The van der Waals surface area contributed by atoms with Gasteiger partial charge in [0, 0.05) is 18.4 Å². The van der Waals surface area contributed by atoms with Gasteiger partial charge in [-0.2, -0.15) is 0 Å². The van der Waals surface area contributed by atoms with Crippen LogP contribution in [0.3, 0.4) is 0 Å². The Hall–Kier alpha value is -1.49. The summed E-state index contributed by atoms with van der Waals surface area (Å²) in [6.45, 7) is 3.57. The molecule has 2 rings (SSSR count). The molecular formula is C12H17N3O2. The maximum absolute atomic E-state index is 10.9. The van der Waals surface area contributed by atoms with Gasteiger partial charge in [0.25, 0.3) is 0 Å². The predicted octanol–water partition coefficient (Wildman–Crippen LogP) is 1.16. The van der Waals surface area contributed by atoms with E-state index in [0.29, 0.717) is 19.4 Å². The monoisotopic (exact) mass is 235 g/mol. The molecule has 2 unspecified atom stereocenters. The molecule has 2 atom stereocenters. The molecule has 1 aliphatic rings. The normalized spacial score (nSPS) is 25.7. The van der Waals surface area contributed by atoms with E-state index in [-0.39, 0.29) is 12.0 Å². The smallest absolute Gasteiger partial charge is 0.306 e. The second kappa shape index (κ2) is 5.23. The highest BCUT2D eigenvalue weighted by Crippen LogP contribution is 2.23. The van der Waals surface area contributed by atoms with Crippen LogP contribution in [0.5, 0.6) is 0 Å². The van der Waals surface area contributed by atoms with Crippen LogP contribution in [-0.4, -0.2) is 38.5 Å². The van der Waals surface area contributed by atoms with Gasteiger partial charge in [-0.25, -0.2) is 9.97 Å². The minimum atomic E-state index is -0.674. The van der Waals surface area contributed by atoms with Gasteiger partial charge in [0.05, 0.1) is 12.5 Å². The van der Waals surface area contributed by atoms with Crippen LogP contribution in [0.15, 0.2) is 18.5 Å². The summed E-state index contributed by atoms with van der Waals surface area (Å²) in [5, 5.41) is 8.99. The van der Waals surface area contributed by atoms with E-state index in [9.17, 15) is 4.79 Å². The number of carboxylic acid groups (broad SMARTS) is 1. The zero-order chi connectivity index (χ0) is 12.3. The molecule has 1 N–H and O–H groups in total. The summed E-state index contributed by atoms with van der Waals surface area (Å²) in [6, 6.07) is 2.07. The lowest BCUT2D eigenvalue weighted by Crippen LogP contribution is -2.42. The maximum atomic E-state index is 10.9. The fraction of sp³-hybridized carbons (Fsp3) is 0.583. The number of aliphatic carboxylic acids is 1. The third kappa shape index (κ3) is 3.00. The van der Waals surface area contributed by atoms with E-state index in [2.05, 4.69) is 21.8 Å². The lowest BCUT2D eigenvalue weighted by molar-refractivity contribution is -0.144. The highest BCUT2D eigenvalue weighted by Gasteiger charge is 2.29. The van der Waals surface area contributed by atoms with Crippen LogP contribution in [-0.2, 0) is 11.3 Å². The highest BCUT2D eigenvalue weighted by molar-refractivity contribution is 5.70. The fourth-order valence-electron chi connectivity index (χ4n) is 2.27. The molecule has 17 heavy (non-hydrogen) atoms. The molecule has 0 radical (unpaired) electrons. The Morgan fingerprint density at radius 1 is 1.53 bits per heavy atom. The fourth-order valence-corrected chi connectivity index (χ4v) is 2.27. The van der Waals surface area contributed by atoms with Crippen LogP contribution in [0.1, 0.15) is 25.6 Å². The molecule has 0 aromatic carbocycles. The van der Waals surface area contributed by atoms with Gasteiger partial charge in [0.2, 0.25) is 0 Å². The predicted molar refractivity (Wildman–Crippen MR) is 62.3 cm³/mol. The van der Waals surface area contributed by atoms with Crippen LogP contribution in [0.4, 0.5) is 0 Å². The molecule has 1 saturated heterocycles. The number of rotatable bonds is 3. The van der Waals surface area contributed by atoms with Crippen LogP contribution < -0.4 is 0 Å². The van der Waals surface area contributed by atoms with Gasteiger partial charge in [0.15, 0.2) is 0 Å². The van der Waals surface area contributed by atoms with Crippen LogP contribution >= 0.6 is 0 Å². The molecule has 0 saturated carbocycles. The molecule has 2 heterocycles. The molecule has 1 aliphatic heterocycles. The Labute approximate surface area is 100 Å². The molecular weight excluding hydrogens is 218 g/mol. The number of piperidine rings is 1. The van der Waals surface area contributed by atoms with Crippen LogP contribution in [0.25, 0.3) is 0 Å². The van der Waals surface area contributed by atoms with E-state index in [4.69, 9.17) is 5.11 Å². The number of aromatic nitrogens is 2. The second-order valence-electron chi connectivity index (χ2n) is 4.54. The summed E-state index contributed by atoms with van der Waals surface area (Å²) in [4.78, 5) is 21.6. The summed E-state index contributed by atoms with van der Waals surface area (Å²) in [7, 11) is 0. The van der Waals surface area contributed by atoms with E-state index in [0.717, 1.165) is 12.4 Å². The van der Waals surface area contributed by atoms with E-state index in [1.54, 1.807) is 18.5 Å². The molecule has 5 nitrogen and oxygen atoms in total. The van der Waals surface area contributed by atoms with E-state index < -0.39 is 5.97 Å². The molecule has 1 aromatic rings. The Kier molecular flexibility index (Phi) is 3.68. The molecule has 0 amide bonds. The molecule has 1 fully saturated rings. The van der Waals surface area contributed by atoms with Crippen molar-refractivity contribution in [3.8, 4) is 0 Å². The van der Waals surface area contributed by atoms with E-state index in [1.807, 2.05) is 0 Å². The number of nitrogens with zero attached hydrogens (tertiary/aromatic N) is 3. The molecule has 5 heteroatoms. The van der Waals surface area contributed by atoms with Gasteiger partial charge in [0.1, 0.15) is 5.82 Å². The average Bonchev–Trinajstić information content (AvgIpc) is 2.33. The molecule has 1 aromatic heterocycles. The lowest BCUT2D eigenvalue weighted by atomic mass is 9.92. The molecule has 0 bridgehead atoms. The first-order valence-electron chi connectivity index (χ1n) is 5.89. The zero-order valence-electron chi connectivity index (χ0n) is 9.91. The Morgan fingerprint density at radius 2 is 2.24 bits per heavy atom. The second-order valence-corrected chi connectivity index (χ2v) is 4.54. The summed E-state index contributed by atoms with van der Waals surface area (Å²) >= 11 is 0. The average molecular weight is 235 g/mol. The first kappa shape index (κ1) is 12.0. The van der Waals surface area contributed by atoms with E-state index >= 15 is 0 Å². The third-order valence-electron chi connectivity index (χ3n) is 3.33. The zero-order valence-corrected chi connectivity index (χ0v) is 9.91. The standard InChI is InChI=1S/C12H17N3O2/c1-9-7-10(12(16)17)3-6-15(9)8-11-13-4-2-5-14-11/h2,4-5,9-10H,3,6-8H2,1H3,(H,16,17). The SMILES string of the molecule is CC1CC(C(=O)O)CCN1Cc1ncccn1. The van der Waals surface area contributed by atoms with Gasteiger partial charge in [-0.05, 0) is 32.4 Å². The van der Waals surface area contributed by atoms with Gasteiger partial charge < -0.3 is 5.11 Å². The van der Waals surface area contributed by atoms with Crippen molar-refractivity contribution in [3.63, 3.8) is 0 Å².